The zero-order chi connectivity index (χ0) is 27.6. The molecule has 2 heterocycles. The molecule has 3 N–H and O–H groups in total. The van der Waals surface area contributed by atoms with Gasteiger partial charge in [-0.05, 0) is 31.2 Å². The van der Waals surface area contributed by atoms with Crippen molar-refractivity contribution in [3.63, 3.8) is 0 Å². The summed E-state index contributed by atoms with van der Waals surface area (Å²) in [5, 5.41) is 12.6. The van der Waals surface area contributed by atoms with Crippen molar-refractivity contribution >= 4 is 33.3 Å². The first-order valence-corrected chi connectivity index (χ1v) is 14.0. The van der Waals surface area contributed by atoms with E-state index in [4.69, 9.17) is 14.2 Å². The SMILES string of the molecule is C[C@@H]1CN([C@@H](C)CO)C(=O)c2cccc(NS(C)(=O)=O)c2O[C@@H]1CN(C)C(=O)Nc1ccc2c(c1)OCO2. The van der Waals surface area contributed by atoms with E-state index in [2.05, 4.69) is 10.0 Å². The Hall–Kier alpha value is -3.71. The van der Waals surface area contributed by atoms with Gasteiger partial charge in [0.15, 0.2) is 17.2 Å². The van der Waals surface area contributed by atoms with Gasteiger partial charge in [-0.2, -0.15) is 0 Å². The maximum Gasteiger partial charge on any atom is 0.321 e. The van der Waals surface area contributed by atoms with E-state index in [9.17, 15) is 23.1 Å². The Balaban J connectivity index is 1.61. The molecular formula is C25H32N4O8S. The second-order valence-electron chi connectivity index (χ2n) is 9.56. The molecule has 0 saturated heterocycles. The summed E-state index contributed by atoms with van der Waals surface area (Å²) in [6, 6.07) is 8.79. The minimum absolute atomic E-state index is 0.0687. The summed E-state index contributed by atoms with van der Waals surface area (Å²) in [6.07, 6.45) is 0.385. The molecule has 0 bridgehead atoms. The van der Waals surface area contributed by atoms with E-state index >= 15 is 0 Å². The highest BCUT2D eigenvalue weighted by atomic mass is 32.2. The molecule has 3 atom stereocenters. The molecule has 2 aromatic carbocycles. The number of hydrogen-bond donors (Lipinski definition) is 3. The highest BCUT2D eigenvalue weighted by molar-refractivity contribution is 7.92. The van der Waals surface area contributed by atoms with Gasteiger partial charge in [0.25, 0.3) is 5.91 Å². The zero-order valence-electron chi connectivity index (χ0n) is 21.6. The first-order valence-electron chi connectivity index (χ1n) is 12.1. The molecule has 2 aliphatic heterocycles. The van der Waals surface area contributed by atoms with E-state index in [1.807, 2.05) is 6.92 Å². The lowest BCUT2D eigenvalue weighted by Gasteiger charge is -2.38. The van der Waals surface area contributed by atoms with E-state index < -0.39 is 34.1 Å². The summed E-state index contributed by atoms with van der Waals surface area (Å²) < 4.78 is 43.4. The molecule has 13 heteroatoms. The fourth-order valence-electron chi connectivity index (χ4n) is 4.29. The first kappa shape index (κ1) is 27.3. The Labute approximate surface area is 221 Å². The van der Waals surface area contributed by atoms with Crippen LogP contribution in [0.1, 0.15) is 24.2 Å². The third-order valence-electron chi connectivity index (χ3n) is 6.41. The number of nitrogens with zero attached hydrogens (tertiary/aromatic N) is 2. The Morgan fingerprint density at radius 1 is 1.24 bits per heavy atom. The fourth-order valence-corrected chi connectivity index (χ4v) is 4.85. The van der Waals surface area contributed by atoms with Crippen LogP contribution in [0.25, 0.3) is 0 Å². The quantitative estimate of drug-likeness (QED) is 0.477. The van der Waals surface area contributed by atoms with Crippen LogP contribution in [0.3, 0.4) is 0 Å². The number of aliphatic hydroxyl groups is 1. The van der Waals surface area contributed by atoms with E-state index in [0.29, 0.717) is 17.2 Å². The molecule has 38 heavy (non-hydrogen) atoms. The normalized spacial score (nSPS) is 19.5. The highest BCUT2D eigenvalue weighted by Crippen LogP contribution is 2.36. The number of hydrogen-bond acceptors (Lipinski definition) is 8. The molecule has 0 saturated carbocycles. The maximum absolute atomic E-state index is 13.4. The molecule has 0 spiro atoms. The number of sulfonamides is 1. The van der Waals surface area contributed by atoms with Gasteiger partial charge in [0.1, 0.15) is 6.10 Å². The molecule has 2 aromatic rings. The lowest BCUT2D eigenvalue weighted by Crippen LogP contribution is -2.50. The number of urea groups is 1. The molecule has 0 unspecified atom stereocenters. The molecule has 0 radical (unpaired) electrons. The highest BCUT2D eigenvalue weighted by Gasteiger charge is 2.35. The van der Waals surface area contributed by atoms with Crippen molar-refractivity contribution in [2.45, 2.75) is 26.0 Å². The largest absolute Gasteiger partial charge is 0.485 e. The number of likely N-dealkylation sites (N-methyl/N-ethyl adjacent to an activating group) is 1. The molecule has 12 nitrogen and oxygen atoms in total. The van der Waals surface area contributed by atoms with Gasteiger partial charge in [0.2, 0.25) is 16.8 Å². The van der Waals surface area contributed by atoms with Gasteiger partial charge in [0, 0.05) is 31.3 Å². The summed E-state index contributed by atoms with van der Waals surface area (Å²) in [5.74, 6) is 0.527. The zero-order valence-corrected chi connectivity index (χ0v) is 22.4. The van der Waals surface area contributed by atoms with E-state index in [-0.39, 0.29) is 49.4 Å². The number of aliphatic hydroxyl groups excluding tert-OH is 1. The van der Waals surface area contributed by atoms with Gasteiger partial charge in [0.05, 0.1) is 36.7 Å². The number of amides is 3. The number of ether oxygens (including phenoxy) is 3. The summed E-state index contributed by atoms with van der Waals surface area (Å²) in [5.41, 5.74) is 0.793. The smallest absolute Gasteiger partial charge is 0.321 e. The number of nitrogens with one attached hydrogen (secondary N) is 2. The third kappa shape index (κ3) is 6.05. The molecule has 0 fully saturated rings. The van der Waals surface area contributed by atoms with Crippen LogP contribution in [0, 0.1) is 5.92 Å². The Kier molecular flexibility index (Phi) is 7.88. The third-order valence-corrected chi connectivity index (χ3v) is 7.00. The summed E-state index contributed by atoms with van der Waals surface area (Å²) >= 11 is 0. The van der Waals surface area contributed by atoms with E-state index in [1.165, 1.54) is 15.9 Å². The van der Waals surface area contributed by atoms with Crippen LogP contribution >= 0.6 is 0 Å². The number of fused-ring (bicyclic) bond motifs is 2. The van der Waals surface area contributed by atoms with Crippen LogP contribution in [0.2, 0.25) is 0 Å². The molecule has 3 amide bonds. The van der Waals surface area contributed by atoms with Crippen LogP contribution in [0.4, 0.5) is 16.2 Å². The van der Waals surface area contributed by atoms with Crippen molar-refractivity contribution in [3.05, 3.63) is 42.0 Å². The van der Waals surface area contributed by atoms with Crippen LogP contribution in [-0.2, 0) is 10.0 Å². The van der Waals surface area contributed by atoms with Crippen molar-refractivity contribution in [1.29, 1.82) is 0 Å². The predicted octanol–water partition coefficient (Wildman–Crippen LogP) is 2.17. The molecule has 206 valence electrons. The second-order valence-corrected chi connectivity index (χ2v) is 11.3. The van der Waals surface area contributed by atoms with Crippen molar-refractivity contribution in [1.82, 2.24) is 9.80 Å². The average molecular weight is 549 g/mol. The van der Waals surface area contributed by atoms with Gasteiger partial charge >= 0.3 is 6.03 Å². The molecule has 4 rings (SSSR count). The predicted molar refractivity (Wildman–Crippen MR) is 140 cm³/mol. The van der Waals surface area contributed by atoms with Crippen molar-refractivity contribution in [3.8, 4) is 17.2 Å². The average Bonchev–Trinajstić information content (AvgIpc) is 3.33. The standard InChI is InChI=1S/C25H32N4O8S/c1-15-11-29(16(2)13-30)24(31)18-6-5-7-19(27-38(4,33)34)23(18)37-22(15)12-28(3)25(32)26-17-8-9-20-21(10-17)36-14-35-20/h5-10,15-16,22,27,30H,11-14H2,1-4H3,(H,26,32)/t15-,16+,22-/m1/s1. The first-order chi connectivity index (χ1) is 18.0. The maximum atomic E-state index is 13.4. The molecule has 2 aliphatic rings. The number of carbonyl (C=O) groups is 2. The minimum atomic E-state index is -3.68. The Bertz CT molecular complexity index is 1320. The number of anilines is 2. The van der Waals surface area contributed by atoms with E-state index in [1.54, 1.807) is 44.3 Å². The van der Waals surface area contributed by atoms with Gasteiger partial charge in [-0.15, -0.1) is 0 Å². The van der Waals surface area contributed by atoms with Crippen molar-refractivity contribution in [2.75, 3.05) is 49.8 Å². The monoisotopic (exact) mass is 548 g/mol. The number of benzene rings is 2. The second kappa shape index (κ2) is 11.0. The van der Waals surface area contributed by atoms with Gasteiger partial charge < -0.3 is 34.4 Å². The van der Waals surface area contributed by atoms with Crippen LogP contribution < -0.4 is 24.2 Å². The molecular weight excluding hydrogens is 516 g/mol. The molecule has 0 aromatic heterocycles. The topological polar surface area (TPSA) is 147 Å². The summed E-state index contributed by atoms with van der Waals surface area (Å²) in [4.78, 5) is 29.4. The van der Waals surface area contributed by atoms with Gasteiger partial charge in [-0.25, -0.2) is 13.2 Å². The van der Waals surface area contributed by atoms with Gasteiger partial charge in [-0.3, -0.25) is 9.52 Å². The number of para-hydroxylation sites is 1. The molecule has 0 aliphatic carbocycles. The fraction of sp³-hybridized carbons (Fsp3) is 0.440. The van der Waals surface area contributed by atoms with Crippen LogP contribution in [0.15, 0.2) is 36.4 Å². The Morgan fingerprint density at radius 2 is 1.97 bits per heavy atom. The summed E-state index contributed by atoms with van der Waals surface area (Å²) in [7, 11) is -2.07. The van der Waals surface area contributed by atoms with Crippen LogP contribution in [0.5, 0.6) is 17.2 Å². The van der Waals surface area contributed by atoms with Crippen molar-refractivity contribution in [2.24, 2.45) is 5.92 Å². The Morgan fingerprint density at radius 3 is 2.68 bits per heavy atom. The van der Waals surface area contributed by atoms with Crippen molar-refractivity contribution < 1.29 is 37.3 Å². The minimum Gasteiger partial charge on any atom is -0.485 e. The number of carbonyl (C=O) groups excluding carboxylic acids is 2. The van der Waals surface area contributed by atoms with Gasteiger partial charge in [-0.1, -0.05) is 13.0 Å². The van der Waals surface area contributed by atoms with Crippen LogP contribution in [-0.4, -0.2) is 87.2 Å². The van der Waals surface area contributed by atoms with E-state index in [0.717, 1.165) is 6.26 Å². The summed E-state index contributed by atoms with van der Waals surface area (Å²) in [6.45, 7) is 3.85. The lowest BCUT2D eigenvalue weighted by molar-refractivity contribution is 0.0373. The lowest BCUT2D eigenvalue weighted by atomic mass is 9.99. The number of rotatable bonds is 7.